The normalized spacial score (nSPS) is 8.08. The Kier molecular flexibility index (Phi) is 101. The SMILES string of the molecule is CCCCO.CCCCO.CCCCO.CCCCO.CCCCO.[Nb]. The van der Waals surface area contributed by atoms with Crippen molar-refractivity contribution < 1.29 is 47.9 Å². The van der Waals surface area contributed by atoms with Gasteiger partial charge in [0.2, 0.25) is 0 Å². The Morgan fingerprint density at radius 3 is 0.462 bits per heavy atom. The molecule has 0 saturated carbocycles. The van der Waals surface area contributed by atoms with E-state index in [2.05, 4.69) is 34.6 Å². The van der Waals surface area contributed by atoms with Crippen molar-refractivity contribution in [2.24, 2.45) is 0 Å². The average Bonchev–Trinajstić information content (AvgIpc) is 2.61. The maximum absolute atomic E-state index is 8.07. The molecule has 0 atom stereocenters. The summed E-state index contributed by atoms with van der Waals surface area (Å²) in [5.41, 5.74) is 0. The van der Waals surface area contributed by atoms with E-state index in [9.17, 15) is 0 Å². The molecule has 0 aromatic heterocycles. The summed E-state index contributed by atoms with van der Waals surface area (Å²) >= 11 is 0. The third-order valence-electron chi connectivity index (χ3n) is 2.56. The van der Waals surface area contributed by atoms with Gasteiger partial charge in [0.05, 0.1) is 0 Å². The number of aliphatic hydroxyl groups is 5. The molecule has 0 spiro atoms. The molecule has 5 nitrogen and oxygen atoms in total. The fraction of sp³-hybridized carbons (Fsp3) is 1.00. The van der Waals surface area contributed by atoms with Crippen molar-refractivity contribution in [3.8, 4) is 0 Å². The van der Waals surface area contributed by atoms with E-state index in [1.807, 2.05) is 0 Å². The Morgan fingerprint density at radius 2 is 0.462 bits per heavy atom. The van der Waals surface area contributed by atoms with Gasteiger partial charge in [0.1, 0.15) is 0 Å². The second-order valence-electron chi connectivity index (χ2n) is 5.39. The molecule has 0 fully saturated rings. The molecule has 26 heavy (non-hydrogen) atoms. The molecule has 0 aliphatic rings. The predicted molar refractivity (Wildman–Crippen MR) is 110 cm³/mol. The monoisotopic (exact) mass is 463 g/mol. The molecule has 0 aliphatic carbocycles. The molecule has 0 rings (SSSR count). The second-order valence-corrected chi connectivity index (χ2v) is 5.39. The van der Waals surface area contributed by atoms with Crippen LogP contribution in [-0.4, -0.2) is 58.6 Å². The molecule has 0 unspecified atom stereocenters. The Morgan fingerprint density at radius 1 is 0.346 bits per heavy atom. The Hall–Kier alpha value is 0.540. The average molecular weight is 464 g/mol. The Labute approximate surface area is 179 Å². The van der Waals surface area contributed by atoms with Gasteiger partial charge >= 0.3 is 0 Å². The van der Waals surface area contributed by atoms with E-state index < -0.39 is 0 Å². The van der Waals surface area contributed by atoms with Crippen molar-refractivity contribution in [2.45, 2.75) is 98.8 Å². The minimum atomic E-state index is 0. The zero-order valence-electron chi connectivity index (χ0n) is 18.3. The first-order valence-corrected chi connectivity index (χ1v) is 10.1. The summed E-state index contributed by atoms with van der Waals surface area (Å²) in [6.45, 7) is 12.0. The summed E-state index contributed by atoms with van der Waals surface area (Å²) in [5.74, 6) is 0. The van der Waals surface area contributed by atoms with Crippen molar-refractivity contribution in [1.29, 1.82) is 0 Å². The van der Waals surface area contributed by atoms with Crippen molar-refractivity contribution >= 4 is 0 Å². The molecule has 0 bridgehead atoms. The summed E-state index contributed by atoms with van der Waals surface area (Å²) < 4.78 is 0. The largest absolute Gasteiger partial charge is 0.396 e. The zero-order valence-corrected chi connectivity index (χ0v) is 20.5. The van der Waals surface area contributed by atoms with Crippen LogP contribution >= 0.6 is 0 Å². The fourth-order valence-corrected chi connectivity index (χ4v) is 0.791. The van der Waals surface area contributed by atoms with E-state index in [1.54, 1.807) is 0 Å². The standard InChI is InChI=1S/5C4H10O.Nb/c5*1-2-3-4-5;/h5*5H,2-4H2,1H3;. The number of hydrogen-bond donors (Lipinski definition) is 5. The molecule has 0 aromatic rings. The first-order chi connectivity index (χ1) is 12.1. The van der Waals surface area contributed by atoms with Crippen LogP contribution in [0.1, 0.15) is 98.8 Å². The van der Waals surface area contributed by atoms with Crippen molar-refractivity contribution in [3.63, 3.8) is 0 Å². The smallest absolute Gasteiger partial charge is 0.0430 e. The van der Waals surface area contributed by atoms with Crippen LogP contribution in [0.15, 0.2) is 0 Å². The topological polar surface area (TPSA) is 101 Å². The van der Waals surface area contributed by atoms with E-state index in [4.69, 9.17) is 25.5 Å². The molecular formula is C20H50NbO5. The quantitative estimate of drug-likeness (QED) is 0.317. The summed E-state index contributed by atoms with van der Waals surface area (Å²) in [7, 11) is 0. The molecule has 0 saturated heterocycles. The molecular weight excluding hydrogens is 413 g/mol. The molecule has 0 aromatic carbocycles. The van der Waals surface area contributed by atoms with Crippen LogP contribution in [0.25, 0.3) is 0 Å². The molecule has 165 valence electrons. The van der Waals surface area contributed by atoms with Gasteiger partial charge in [0, 0.05) is 55.4 Å². The van der Waals surface area contributed by atoms with Gasteiger partial charge in [-0.2, -0.15) is 0 Å². The van der Waals surface area contributed by atoms with E-state index in [-0.39, 0.29) is 22.4 Å². The number of unbranched alkanes of at least 4 members (excludes halogenated alkanes) is 5. The molecule has 0 aliphatic heterocycles. The first kappa shape index (κ1) is 41.0. The van der Waals surface area contributed by atoms with E-state index in [0.717, 1.165) is 64.2 Å². The van der Waals surface area contributed by atoms with Crippen LogP contribution in [0.3, 0.4) is 0 Å². The van der Waals surface area contributed by atoms with Crippen molar-refractivity contribution in [1.82, 2.24) is 0 Å². The predicted octanol–water partition coefficient (Wildman–Crippen LogP) is 3.89. The van der Waals surface area contributed by atoms with Crippen LogP contribution in [0.5, 0.6) is 0 Å². The fourth-order valence-electron chi connectivity index (χ4n) is 0.791. The summed E-state index contributed by atoms with van der Waals surface area (Å²) in [6, 6.07) is 0. The van der Waals surface area contributed by atoms with Gasteiger partial charge in [-0.05, 0) is 32.1 Å². The molecule has 6 heteroatoms. The summed E-state index contributed by atoms with van der Waals surface area (Å²) in [5, 5.41) is 40.3. The van der Waals surface area contributed by atoms with Gasteiger partial charge in [-0.25, -0.2) is 0 Å². The van der Waals surface area contributed by atoms with Gasteiger partial charge < -0.3 is 25.5 Å². The van der Waals surface area contributed by atoms with Gasteiger partial charge in [-0.3, -0.25) is 0 Å². The minimum absolute atomic E-state index is 0. The molecule has 0 heterocycles. The van der Waals surface area contributed by atoms with E-state index in [1.165, 1.54) is 0 Å². The van der Waals surface area contributed by atoms with Crippen LogP contribution in [0, 0.1) is 0 Å². The van der Waals surface area contributed by atoms with E-state index in [0.29, 0.717) is 33.0 Å². The van der Waals surface area contributed by atoms with Crippen LogP contribution in [0.2, 0.25) is 0 Å². The number of hydrogen-bond acceptors (Lipinski definition) is 5. The maximum Gasteiger partial charge on any atom is 0.0430 e. The van der Waals surface area contributed by atoms with Gasteiger partial charge in [0.25, 0.3) is 0 Å². The molecule has 0 amide bonds. The van der Waals surface area contributed by atoms with Crippen molar-refractivity contribution in [2.75, 3.05) is 33.0 Å². The number of aliphatic hydroxyl groups excluding tert-OH is 5. The van der Waals surface area contributed by atoms with Crippen LogP contribution < -0.4 is 0 Å². The second kappa shape index (κ2) is 63.7. The zero-order chi connectivity index (χ0) is 20.6. The van der Waals surface area contributed by atoms with E-state index >= 15 is 0 Å². The Bertz CT molecular complexity index is 96.5. The van der Waals surface area contributed by atoms with Gasteiger partial charge in [-0.15, -0.1) is 0 Å². The minimum Gasteiger partial charge on any atom is -0.396 e. The van der Waals surface area contributed by atoms with Crippen LogP contribution in [0.4, 0.5) is 0 Å². The number of rotatable bonds is 10. The van der Waals surface area contributed by atoms with Gasteiger partial charge in [0.15, 0.2) is 0 Å². The van der Waals surface area contributed by atoms with Gasteiger partial charge in [-0.1, -0.05) is 66.7 Å². The molecule has 5 N–H and O–H groups in total. The summed E-state index contributed by atoms with van der Waals surface area (Å²) in [6.07, 6.45) is 10.2. The third kappa shape index (κ3) is 122. The summed E-state index contributed by atoms with van der Waals surface area (Å²) in [4.78, 5) is 0. The van der Waals surface area contributed by atoms with Crippen LogP contribution in [-0.2, 0) is 22.4 Å². The first-order valence-electron chi connectivity index (χ1n) is 10.1. The third-order valence-corrected chi connectivity index (χ3v) is 2.56. The molecule has 1 radical (unpaired) electrons. The maximum atomic E-state index is 8.07. The van der Waals surface area contributed by atoms with Crippen molar-refractivity contribution in [3.05, 3.63) is 0 Å². The Balaban J connectivity index is -0.0000000476.